The maximum absolute atomic E-state index is 10.8. The summed E-state index contributed by atoms with van der Waals surface area (Å²) in [4.78, 5) is 10.3. The third kappa shape index (κ3) is 2.44. The molecule has 0 radical (unpaired) electrons. The van der Waals surface area contributed by atoms with Gasteiger partial charge in [-0.1, -0.05) is 0 Å². The molecule has 0 atom stereocenters. The van der Waals surface area contributed by atoms with E-state index in [-0.39, 0.29) is 5.69 Å². The summed E-state index contributed by atoms with van der Waals surface area (Å²) in [5.74, 6) is 0.564. The van der Waals surface area contributed by atoms with Gasteiger partial charge in [-0.2, -0.15) is 0 Å². The molecule has 0 heterocycles. The zero-order chi connectivity index (χ0) is 11.6. The Bertz CT molecular complexity index is 383. The van der Waals surface area contributed by atoms with Gasteiger partial charge in [0.15, 0.2) is 0 Å². The van der Waals surface area contributed by atoms with Crippen molar-refractivity contribution in [3.63, 3.8) is 0 Å². The zero-order valence-electron chi connectivity index (χ0n) is 8.98. The number of nitro groups is 1. The molecule has 15 heavy (non-hydrogen) atoms. The molecule has 82 valence electrons. The summed E-state index contributed by atoms with van der Waals surface area (Å²) in [5.41, 5.74) is 5.57. The average Bonchev–Trinajstić information content (AvgIpc) is 2.15. The van der Waals surface area contributed by atoms with Crippen LogP contribution in [0.4, 0.5) is 5.69 Å². The van der Waals surface area contributed by atoms with E-state index in [1.165, 1.54) is 13.2 Å². The van der Waals surface area contributed by atoms with Crippen molar-refractivity contribution in [1.82, 2.24) is 0 Å². The molecule has 5 nitrogen and oxygen atoms in total. The van der Waals surface area contributed by atoms with Gasteiger partial charge in [-0.25, -0.2) is 0 Å². The van der Waals surface area contributed by atoms with Crippen molar-refractivity contribution in [3.05, 3.63) is 33.9 Å². The molecule has 0 bridgehead atoms. The first kappa shape index (κ1) is 11.5. The van der Waals surface area contributed by atoms with Gasteiger partial charge in [-0.15, -0.1) is 0 Å². The van der Waals surface area contributed by atoms with Crippen molar-refractivity contribution in [2.24, 2.45) is 5.73 Å². The first-order valence-electron chi connectivity index (χ1n) is 4.48. The van der Waals surface area contributed by atoms with Crippen LogP contribution >= 0.6 is 0 Å². The van der Waals surface area contributed by atoms with E-state index in [1.807, 2.05) is 0 Å². The molecule has 0 saturated carbocycles. The lowest BCUT2D eigenvalue weighted by molar-refractivity contribution is -0.386. The van der Waals surface area contributed by atoms with Crippen molar-refractivity contribution >= 4 is 5.69 Å². The van der Waals surface area contributed by atoms with Crippen LogP contribution in [0.5, 0.6) is 5.75 Å². The molecule has 0 saturated heterocycles. The third-order valence-electron chi connectivity index (χ3n) is 2.09. The number of hydrogen-bond acceptors (Lipinski definition) is 4. The highest BCUT2D eigenvalue weighted by Crippen LogP contribution is 2.30. The Hall–Kier alpha value is -1.62. The van der Waals surface area contributed by atoms with Gasteiger partial charge in [-0.3, -0.25) is 10.1 Å². The summed E-state index contributed by atoms with van der Waals surface area (Å²) in [5, 5.41) is 10.8. The Balaban J connectivity index is 3.36. The molecule has 1 aromatic carbocycles. The highest BCUT2D eigenvalue weighted by molar-refractivity contribution is 5.48. The van der Waals surface area contributed by atoms with E-state index in [4.69, 9.17) is 10.5 Å². The predicted molar refractivity (Wildman–Crippen MR) is 56.9 cm³/mol. The van der Waals surface area contributed by atoms with Crippen LogP contribution in [0.25, 0.3) is 0 Å². The number of nitrogens with zero attached hydrogens (tertiary/aromatic N) is 1. The molecule has 0 aliphatic rings. The number of hydrogen-bond donors (Lipinski definition) is 1. The first-order chi connectivity index (χ1) is 6.86. The van der Waals surface area contributed by atoms with Crippen LogP contribution in [-0.2, 0) is 5.54 Å². The summed E-state index contributed by atoms with van der Waals surface area (Å²) in [6.45, 7) is 3.43. The Morgan fingerprint density at radius 1 is 1.47 bits per heavy atom. The second-order valence-corrected chi connectivity index (χ2v) is 3.86. The van der Waals surface area contributed by atoms with Crippen LogP contribution in [-0.4, -0.2) is 12.0 Å². The molecule has 0 aliphatic carbocycles. The largest absolute Gasteiger partial charge is 0.497 e. The minimum Gasteiger partial charge on any atom is -0.497 e. The van der Waals surface area contributed by atoms with E-state index >= 15 is 0 Å². The number of benzene rings is 1. The normalized spacial score (nSPS) is 11.2. The van der Waals surface area contributed by atoms with Crippen LogP contribution in [0.1, 0.15) is 19.4 Å². The Morgan fingerprint density at radius 3 is 2.47 bits per heavy atom. The Labute approximate surface area is 88.0 Å². The molecule has 5 heteroatoms. The molecule has 1 rings (SSSR count). The van der Waals surface area contributed by atoms with Gasteiger partial charge in [0.05, 0.1) is 17.6 Å². The lowest BCUT2D eigenvalue weighted by Crippen LogP contribution is -2.29. The van der Waals surface area contributed by atoms with E-state index in [0.717, 1.165) is 0 Å². The van der Waals surface area contributed by atoms with Gasteiger partial charge in [0, 0.05) is 11.6 Å². The Morgan fingerprint density at radius 2 is 2.07 bits per heavy atom. The molecule has 0 unspecified atom stereocenters. The van der Waals surface area contributed by atoms with Crippen molar-refractivity contribution in [3.8, 4) is 5.75 Å². The molecular formula is C10H14N2O3. The predicted octanol–water partition coefficient (Wildman–Crippen LogP) is 1.80. The molecule has 0 amide bonds. The number of ether oxygens (including phenoxy) is 1. The number of rotatable bonds is 3. The SMILES string of the molecule is COc1ccc([N+](=O)[O-])c(C(C)(C)N)c1. The maximum atomic E-state index is 10.8. The van der Waals surface area contributed by atoms with Gasteiger partial charge in [0.2, 0.25) is 0 Å². The quantitative estimate of drug-likeness (QED) is 0.609. The third-order valence-corrected chi connectivity index (χ3v) is 2.09. The molecule has 1 aromatic rings. The zero-order valence-corrected chi connectivity index (χ0v) is 8.98. The van der Waals surface area contributed by atoms with Crippen molar-refractivity contribution in [2.75, 3.05) is 7.11 Å². The van der Waals surface area contributed by atoms with E-state index in [9.17, 15) is 10.1 Å². The fourth-order valence-electron chi connectivity index (χ4n) is 1.32. The fourth-order valence-corrected chi connectivity index (χ4v) is 1.32. The summed E-state index contributed by atoms with van der Waals surface area (Å²) >= 11 is 0. The monoisotopic (exact) mass is 210 g/mol. The number of nitrogens with two attached hydrogens (primary N) is 1. The number of nitro benzene ring substituents is 1. The van der Waals surface area contributed by atoms with Crippen molar-refractivity contribution < 1.29 is 9.66 Å². The van der Waals surface area contributed by atoms with Crippen molar-refractivity contribution in [2.45, 2.75) is 19.4 Å². The fraction of sp³-hybridized carbons (Fsp3) is 0.400. The maximum Gasteiger partial charge on any atom is 0.274 e. The second-order valence-electron chi connectivity index (χ2n) is 3.86. The molecule has 0 aromatic heterocycles. The topological polar surface area (TPSA) is 78.4 Å². The second kappa shape index (κ2) is 3.86. The summed E-state index contributed by atoms with van der Waals surface area (Å²) < 4.78 is 5.01. The molecule has 2 N–H and O–H groups in total. The molecule has 0 aliphatic heterocycles. The summed E-state index contributed by atoms with van der Waals surface area (Å²) in [6.07, 6.45) is 0. The van der Waals surface area contributed by atoms with E-state index < -0.39 is 10.5 Å². The van der Waals surface area contributed by atoms with Crippen molar-refractivity contribution in [1.29, 1.82) is 0 Å². The standard InChI is InChI=1S/C10H14N2O3/c1-10(2,11)8-6-7(15-3)4-5-9(8)12(13)14/h4-6H,11H2,1-3H3. The van der Waals surface area contributed by atoms with E-state index in [2.05, 4.69) is 0 Å². The van der Waals surface area contributed by atoms with Gasteiger partial charge in [0.1, 0.15) is 5.75 Å². The first-order valence-corrected chi connectivity index (χ1v) is 4.48. The Kier molecular flexibility index (Phi) is 2.95. The molecular weight excluding hydrogens is 196 g/mol. The van der Waals surface area contributed by atoms with Gasteiger partial charge < -0.3 is 10.5 Å². The van der Waals surface area contributed by atoms with Crippen LogP contribution in [0, 0.1) is 10.1 Å². The lowest BCUT2D eigenvalue weighted by atomic mass is 9.94. The average molecular weight is 210 g/mol. The van der Waals surface area contributed by atoms with Crippen LogP contribution in [0.3, 0.4) is 0 Å². The number of methoxy groups -OCH3 is 1. The minimum absolute atomic E-state index is 0.0169. The highest BCUT2D eigenvalue weighted by atomic mass is 16.6. The smallest absolute Gasteiger partial charge is 0.274 e. The molecule has 0 spiro atoms. The van der Waals surface area contributed by atoms with E-state index in [0.29, 0.717) is 11.3 Å². The van der Waals surface area contributed by atoms with E-state index in [1.54, 1.807) is 26.0 Å². The highest BCUT2D eigenvalue weighted by Gasteiger charge is 2.25. The van der Waals surface area contributed by atoms with Crippen LogP contribution in [0.2, 0.25) is 0 Å². The summed E-state index contributed by atoms with van der Waals surface area (Å²) in [6, 6.07) is 4.55. The summed E-state index contributed by atoms with van der Waals surface area (Å²) in [7, 11) is 1.51. The van der Waals surface area contributed by atoms with Crippen LogP contribution in [0.15, 0.2) is 18.2 Å². The van der Waals surface area contributed by atoms with Gasteiger partial charge in [0.25, 0.3) is 5.69 Å². The molecule has 0 fully saturated rings. The van der Waals surface area contributed by atoms with Crippen LogP contribution < -0.4 is 10.5 Å². The minimum atomic E-state index is -0.767. The van der Waals surface area contributed by atoms with Gasteiger partial charge >= 0.3 is 0 Å². The van der Waals surface area contributed by atoms with Gasteiger partial charge in [-0.05, 0) is 26.0 Å². The lowest BCUT2D eigenvalue weighted by Gasteiger charge is -2.19.